The highest BCUT2D eigenvalue weighted by Crippen LogP contribution is 2.20. The number of nitrogens with one attached hydrogen (secondary N) is 1. The summed E-state index contributed by atoms with van der Waals surface area (Å²) in [7, 11) is 1.57. The summed E-state index contributed by atoms with van der Waals surface area (Å²) in [4.78, 5) is 12.4. The van der Waals surface area contributed by atoms with Gasteiger partial charge in [-0.2, -0.15) is 5.26 Å². The molecule has 3 aromatic carbocycles. The number of anilines is 1. The third-order valence-corrected chi connectivity index (χ3v) is 3.78. The van der Waals surface area contributed by atoms with Gasteiger partial charge in [0, 0.05) is 5.69 Å². The van der Waals surface area contributed by atoms with E-state index in [0.717, 1.165) is 16.3 Å². The average molecular weight is 328 g/mol. The molecule has 122 valence electrons. The van der Waals surface area contributed by atoms with Gasteiger partial charge in [0.05, 0.1) is 7.11 Å². The van der Waals surface area contributed by atoms with E-state index in [9.17, 15) is 10.1 Å². The van der Waals surface area contributed by atoms with Crippen molar-refractivity contribution in [3.8, 4) is 11.8 Å². The number of amides is 1. The molecule has 0 unspecified atom stereocenters. The summed E-state index contributed by atoms with van der Waals surface area (Å²) in [5.41, 5.74) is 1.40. The molecule has 0 saturated heterocycles. The summed E-state index contributed by atoms with van der Waals surface area (Å²) in [6.45, 7) is 0. The predicted molar refractivity (Wildman–Crippen MR) is 99.2 cm³/mol. The maximum Gasteiger partial charge on any atom is 0.266 e. The minimum absolute atomic E-state index is 0.0291. The van der Waals surface area contributed by atoms with Gasteiger partial charge in [0.25, 0.3) is 5.91 Å². The summed E-state index contributed by atoms with van der Waals surface area (Å²) in [6.07, 6.45) is 1.54. The van der Waals surface area contributed by atoms with Crippen LogP contribution in [0.2, 0.25) is 0 Å². The SMILES string of the molecule is COc1cccc(/C=C(\C#N)C(=O)Nc2ccc3ccccc3c2)c1. The largest absolute Gasteiger partial charge is 0.497 e. The number of rotatable bonds is 4. The fourth-order valence-corrected chi connectivity index (χ4v) is 2.51. The molecule has 4 nitrogen and oxygen atoms in total. The number of carbonyl (C=O) groups is 1. The van der Waals surface area contributed by atoms with Gasteiger partial charge in [0.2, 0.25) is 0 Å². The topological polar surface area (TPSA) is 62.1 Å². The van der Waals surface area contributed by atoms with E-state index < -0.39 is 5.91 Å². The molecule has 3 aromatic rings. The first-order chi connectivity index (χ1) is 12.2. The van der Waals surface area contributed by atoms with Crippen molar-refractivity contribution in [2.75, 3.05) is 12.4 Å². The summed E-state index contributed by atoms with van der Waals surface area (Å²) >= 11 is 0. The third-order valence-electron chi connectivity index (χ3n) is 3.78. The van der Waals surface area contributed by atoms with Gasteiger partial charge in [-0.3, -0.25) is 4.79 Å². The highest BCUT2D eigenvalue weighted by atomic mass is 16.5. The van der Waals surface area contributed by atoms with Gasteiger partial charge in [-0.1, -0.05) is 42.5 Å². The van der Waals surface area contributed by atoms with E-state index in [1.54, 1.807) is 31.4 Å². The normalized spacial score (nSPS) is 11.0. The lowest BCUT2D eigenvalue weighted by molar-refractivity contribution is -0.112. The van der Waals surface area contributed by atoms with Crippen LogP contribution in [0.4, 0.5) is 5.69 Å². The molecule has 0 aliphatic carbocycles. The lowest BCUT2D eigenvalue weighted by Gasteiger charge is -2.06. The number of carbonyl (C=O) groups excluding carboxylic acids is 1. The second-order valence-electron chi connectivity index (χ2n) is 5.46. The van der Waals surface area contributed by atoms with Gasteiger partial charge < -0.3 is 10.1 Å². The summed E-state index contributed by atoms with van der Waals surface area (Å²) in [5.74, 6) is 0.224. The zero-order valence-electron chi connectivity index (χ0n) is 13.7. The lowest BCUT2D eigenvalue weighted by Crippen LogP contribution is -2.13. The maximum absolute atomic E-state index is 12.4. The predicted octanol–water partition coefficient (Wildman–Crippen LogP) is 4.39. The van der Waals surface area contributed by atoms with Crippen LogP contribution in [0, 0.1) is 11.3 Å². The van der Waals surface area contributed by atoms with Gasteiger partial charge in [-0.15, -0.1) is 0 Å². The molecule has 0 fully saturated rings. The van der Waals surface area contributed by atoms with Crippen LogP contribution in [0.15, 0.2) is 72.3 Å². The van der Waals surface area contributed by atoms with Crippen molar-refractivity contribution in [1.29, 1.82) is 5.26 Å². The van der Waals surface area contributed by atoms with E-state index in [1.807, 2.05) is 54.6 Å². The van der Waals surface area contributed by atoms with Crippen LogP contribution in [0.5, 0.6) is 5.75 Å². The Morgan fingerprint density at radius 2 is 1.84 bits per heavy atom. The van der Waals surface area contributed by atoms with Crippen LogP contribution in [-0.2, 0) is 4.79 Å². The van der Waals surface area contributed by atoms with E-state index in [0.29, 0.717) is 11.4 Å². The molecular formula is C21H16N2O2. The Balaban J connectivity index is 1.84. The van der Waals surface area contributed by atoms with Crippen molar-refractivity contribution in [3.63, 3.8) is 0 Å². The molecule has 25 heavy (non-hydrogen) atoms. The molecule has 0 bridgehead atoms. The quantitative estimate of drug-likeness (QED) is 0.570. The average Bonchev–Trinajstić information content (AvgIpc) is 2.66. The second kappa shape index (κ2) is 7.33. The van der Waals surface area contributed by atoms with Crippen molar-refractivity contribution in [3.05, 3.63) is 77.9 Å². The molecule has 0 saturated carbocycles. The standard InChI is InChI=1S/C21H16N2O2/c1-25-20-8-4-5-15(12-20)11-18(14-22)21(24)23-19-10-9-16-6-2-3-7-17(16)13-19/h2-13H,1H3,(H,23,24)/b18-11+. The minimum Gasteiger partial charge on any atom is -0.497 e. The molecule has 0 spiro atoms. The smallest absolute Gasteiger partial charge is 0.266 e. The molecule has 0 radical (unpaired) electrons. The monoisotopic (exact) mass is 328 g/mol. The number of fused-ring (bicyclic) bond motifs is 1. The molecule has 0 aliphatic heterocycles. The number of benzene rings is 3. The van der Waals surface area contributed by atoms with Crippen LogP contribution in [0.1, 0.15) is 5.56 Å². The number of methoxy groups -OCH3 is 1. The highest BCUT2D eigenvalue weighted by Gasteiger charge is 2.10. The van der Waals surface area contributed by atoms with Crippen molar-refractivity contribution in [2.45, 2.75) is 0 Å². The second-order valence-corrected chi connectivity index (χ2v) is 5.46. The first-order valence-corrected chi connectivity index (χ1v) is 7.75. The zero-order chi connectivity index (χ0) is 17.6. The Hall–Kier alpha value is -3.58. The summed E-state index contributed by atoms with van der Waals surface area (Å²) in [5, 5.41) is 14.2. The number of ether oxygens (including phenoxy) is 1. The van der Waals surface area contributed by atoms with Crippen molar-refractivity contribution in [2.24, 2.45) is 0 Å². The van der Waals surface area contributed by atoms with Crippen LogP contribution >= 0.6 is 0 Å². The van der Waals surface area contributed by atoms with Crippen LogP contribution < -0.4 is 10.1 Å². The maximum atomic E-state index is 12.4. The van der Waals surface area contributed by atoms with Gasteiger partial charge in [0.1, 0.15) is 17.4 Å². The molecule has 0 heterocycles. The van der Waals surface area contributed by atoms with E-state index in [4.69, 9.17) is 4.74 Å². The van der Waals surface area contributed by atoms with Crippen molar-refractivity contribution >= 4 is 28.4 Å². The number of nitrogens with zero attached hydrogens (tertiary/aromatic N) is 1. The van der Waals surface area contributed by atoms with Crippen LogP contribution in [0.3, 0.4) is 0 Å². The summed E-state index contributed by atoms with van der Waals surface area (Å²) in [6, 6.07) is 22.7. The fraction of sp³-hybridized carbons (Fsp3) is 0.0476. The lowest BCUT2D eigenvalue weighted by atomic mass is 10.1. The molecule has 0 atom stereocenters. The Kier molecular flexibility index (Phi) is 4.77. The van der Waals surface area contributed by atoms with E-state index >= 15 is 0 Å². The van der Waals surface area contributed by atoms with E-state index in [1.165, 1.54) is 0 Å². The Morgan fingerprint density at radius 3 is 2.60 bits per heavy atom. The van der Waals surface area contributed by atoms with Gasteiger partial charge in [-0.05, 0) is 46.7 Å². The molecule has 1 amide bonds. The highest BCUT2D eigenvalue weighted by molar-refractivity contribution is 6.10. The van der Waals surface area contributed by atoms with E-state index in [2.05, 4.69) is 5.32 Å². The van der Waals surface area contributed by atoms with Crippen LogP contribution in [0.25, 0.3) is 16.8 Å². The van der Waals surface area contributed by atoms with Crippen molar-refractivity contribution in [1.82, 2.24) is 0 Å². The number of nitriles is 1. The van der Waals surface area contributed by atoms with Gasteiger partial charge in [0.15, 0.2) is 0 Å². The van der Waals surface area contributed by atoms with Crippen molar-refractivity contribution < 1.29 is 9.53 Å². The third kappa shape index (κ3) is 3.85. The minimum atomic E-state index is -0.444. The molecule has 4 heteroatoms. The molecule has 1 N–H and O–H groups in total. The van der Waals surface area contributed by atoms with Crippen LogP contribution in [-0.4, -0.2) is 13.0 Å². The molecule has 3 rings (SSSR count). The number of hydrogen-bond donors (Lipinski definition) is 1. The molecular weight excluding hydrogens is 312 g/mol. The Labute approximate surface area is 146 Å². The van der Waals surface area contributed by atoms with Gasteiger partial charge in [-0.25, -0.2) is 0 Å². The first-order valence-electron chi connectivity index (χ1n) is 7.75. The molecule has 0 aromatic heterocycles. The molecule has 0 aliphatic rings. The zero-order valence-corrected chi connectivity index (χ0v) is 13.7. The van der Waals surface area contributed by atoms with E-state index in [-0.39, 0.29) is 5.57 Å². The number of hydrogen-bond acceptors (Lipinski definition) is 3. The first kappa shape index (κ1) is 16.3. The Bertz CT molecular complexity index is 1000. The van der Waals surface area contributed by atoms with Gasteiger partial charge >= 0.3 is 0 Å². The fourth-order valence-electron chi connectivity index (χ4n) is 2.51. The summed E-state index contributed by atoms with van der Waals surface area (Å²) < 4.78 is 5.15. The Morgan fingerprint density at radius 1 is 1.04 bits per heavy atom.